The van der Waals surface area contributed by atoms with Crippen LogP contribution in [0.2, 0.25) is 0 Å². The summed E-state index contributed by atoms with van der Waals surface area (Å²) in [6.07, 6.45) is 5.55. The van der Waals surface area contributed by atoms with Gasteiger partial charge in [0.1, 0.15) is 0 Å². The topological polar surface area (TPSA) is 57.7 Å². The van der Waals surface area contributed by atoms with Gasteiger partial charge in [-0.15, -0.1) is 0 Å². The smallest absolute Gasteiger partial charge is 0.228 e. The van der Waals surface area contributed by atoms with E-state index in [0.717, 1.165) is 25.8 Å². The second-order valence-corrected chi connectivity index (χ2v) is 7.35. The van der Waals surface area contributed by atoms with Gasteiger partial charge in [-0.3, -0.25) is 4.79 Å². The van der Waals surface area contributed by atoms with Gasteiger partial charge in [-0.2, -0.15) is 0 Å². The molecule has 2 aliphatic heterocycles. The summed E-state index contributed by atoms with van der Waals surface area (Å²) >= 11 is 0. The highest BCUT2D eigenvalue weighted by Crippen LogP contribution is 2.26. The van der Waals surface area contributed by atoms with Crippen LogP contribution in [0.4, 0.5) is 0 Å². The fourth-order valence-electron chi connectivity index (χ4n) is 2.81. The van der Waals surface area contributed by atoms with E-state index in [4.69, 9.17) is 0 Å². The molecule has 2 heterocycles. The number of nitrogens with zero attached hydrogens (tertiary/aromatic N) is 2. The monoisotopic (exact) mass is 274 g/mol. The summed E-state index contributed by atoms with van der Waals surface area (Å²) in [5.41, 5.74) is 0. The highest BCUT2D eigenvalue weighted by atomic mass is 32.2. The lowest BCUT2D eigenvalue weighted by molar-refractivity contribution is -0.142. The zero-order valence-corrected chi connectivity index (χ0v) is 11.9. The number of sulfonamides is 1. The molecule has 1 atom stereocenters. The molecule has 6 heteroatoms. The number of carbonyl (C=O) groups excluding carboxylic acids is 1. The van der Waals surface area contributed by atoms with Crippen molar-refractivity contribution in [3.63, 3.8) is 0 Å². The van der Waals surface area contributed by atoms with Crippen molar-refractivity contribution in [2.75, 3.05) is 25.9 Å². The minimum absolute atomic E-state index is 0.119. The molecule has 5 nitrogen and oxygen atoms in total. The molecular formula is C12H22N2O3S. The van der Waals surface area contributed by atoms with E-state index in [0.29, 0.717) is 19.1 Å². The van der Waals surface area contributed by atoms with Gasteiger partial charge in [-0.25, -0.2) is 12.7 Å². The van der Waals surface area contributed by atoms with Crippen LogP contribution in [0.5, 0.6) is 0 Å². The molecule has 2 saturated heterocycles. The van der Waals surface area contributed by atoms with Crippen LogP contribution >= 0.6 is 0 Å². The van der Waals surface area contributed by atoms with Crippen LogP contribution in [0.3, 0.4) is 0 Å². The zero-order chi connectivity index (χ0) is 13.3. The Hall–Kier alpha value is -0.620. The normalized spacial score (nSPS) is 27.0. The zero-order valence-electron chi connectivity index (χ0n) is 11.1. The van der Waals surface area contributed by atoms with Gasteiger partial charge < -0.3 is 4.90 Å². The maximum Gasteiger partial charge on any atom is 0.228 e. The van der Waals surface area contributed by atoms with Gasteiger partial charge in [0.15, 0.2) is 0 Å². The molecule has 0 bridgehead atoms. The van der Waals surface area contributed by atoms with E-state index in [9.17, 15) is 13.2 Å². The molecule has 104 valence electrons. The highest BCUT2D eigenvalue weighted by Gasteiger charge is 2.41. The molecule has 0 aromatic heterocycles. The SMILES string of the molecule is CCC1CCCCN1C(=O)C1CN(S(C)(=O)=O)C1. The summed E-state index contributed by atoms with van der Waals surface area (Å²) in [5.74, 6) is 0.0355. The number of amides is 1. The number of likely N-dealkylation sites (tertiary alicyclic amines) is 1. The third-order valence-electron chi connectivity index (χ3n) is 4.05. The van der Waals surface area contributed by atoms with E-state index in [1.165, 1.54) is 17.0 Å². The molecule has 0 saturated carbocycles. The molecule has 2 fully saturated rings. The Kier molecular flexibility index (Phi) is 3.96. The summed E-state index contributed by atoms with van der Waals surface area (Å²) in [4.78, 5) is 14.3. The molecule has 0 aromatic rings. The van der Waals surface area contributed by atoms with Crippen molar-refractivity contribution in [1.29, 1.82) is 0 Å². The average Bonchev–Trinajstić information content (AvgIpc) is 2.24. The standard InChI is InChI=1S/C12H22N2O3S/c1-3-11-6-4-5-7-14(11)12(15)10-8-13(9-10)18(2,16)17/h10-11H,3-9H2,1-2H3. The minimum atomic E-state index is -3.12. The summed E-state index contributed by atoms with van der Waals surface area (Å²) in [6, 6.07) is 0.360. The molecule has 0 N–H and O–H groups in total. The average molecular weight is 274 g/mol. The van der Waals surface area contributed by atoms with Gasteiger partial charge in [-0.05, 0) is 25.7 Å². The van der Waals surface area contributed by atoms with Crippen LogP contribution in [0.15, 0.2) is 0 Å². The van der Waals surface area contributed by atoms with Gasteiger partial charge in [0.2, 0.25) is 15.9 Å². The van der Waals surface area contributed by atoms with Crippen molar-refractivity contribution in [3.8, 4) is 0 Å². The number of hydrogen-bond donors (Lipinski definition) is 0. The Bertz CT molecular complexity index is 415. The largest absolute Gasteiger partial charge is 0.339 e. The van der Waals surface area contributed by atoms with E-state index in [1.807, 2.05) is 4.90 Å². The Morgan fingerprint density at radius 2 is 1.94 bits per heavy atom. The van der Waals surface area contributed by atoms with Crippen LogP contribution in [0.1, 0.15) is 32.6 Å². The molecule has 1 unspecified atom stereocenters. The molecule has 2 rings (SSSR count). The van der Waals surface area contributed by atoms with Crippen LogP contribution in [-0.2, 0) is 14.8 Å². The van der Waals surface area contributed by atoms with Crippen molar-refractivity contribution < 1.29 is 13.2 Å². The Balaban J connectivity index is 1.93. The molecule has 18 heavy (non-hydrogen) atoms. The molecule has 2 aliphatic rings. The summed E-state index contributed by atoms with van der Waals surface area (Å²) in [7, 11) is -3.12. The predicted octanol–water partition coefficient (Wildman–Crippen LogP) is 0.669. The van der Waals surface area contributed by atoms with E-state index < -0.39 is 10.0 Å². The van der Waals surface area contributed by atoms with Gasteiger partial charge in [0, 0.05) is 25.7 Å². The molecule has 0 aromatic carbocycles. The van der Waals surface area contributed by atoms with E-state index in [-0.39, 0.29) is 11.8 Å². The van der Waals surface area contributed by atoms with Crippen LogP contribution in [-0.4, -0.2) is 55.5 Å². The summed E-state index contributed by atoms with van der Waals surface area (Å²) < 4.78 is 23.9. The third-order valence-corrected chi connectivity index (χ3v) is 5.28. The molecule has 1 amide bonds. The number of hydrogen-bond acceptors (Lipinski definition) is 3. The fraction of sp³-hybridized carbons (Fsp3) is 0.917. The Morgan fingerprint density at radius 1 is 1.28 bits per heavy atom. The molecular weight excluding hydrogens is 252 g/mol. The number of carbonyl (C=O) groups is 1. The summed E-state index contributed by atoms with van der Waals surface area (Å²) in [5, 5.41) is 0. The van der Waals surface area contributed by atoms with E-state index >= 15 is 0 Å². The predicted molar refractivity (Wildman–Crippen MR) is 69.5 cm³/mol. The van der Waals surface area contributed by atoms with Crippen molar-refractivity contribution in [2.24, 2.45) is 5.92 Å². The van der Waals surface area contributed by atoms with Gasteiger partial charge in [0.05, 0.1) is 12.2 Å². The van der Waals surface area contributed by atoms with Gasteiger partial charge in [-0.1, -0.05) is 6.92 Å². The molecule has 0 aliphatic carbocycles. The van der Waals surface area contributed by atoms with Gasteiger partial charge >= 0.3 is 0 Å². The number of rotatable bonds is 3. The van der Waals surface area contributed by atoms with E-state index in [1.54, 1.807) is 0 Å². The minimum Gasteiger partial charge on any atom is -0.339 e. The molecule has 0 radical (unpaired) electrons. The van der Waals surface area contributed by atoms with E-state index in [2.05, 4.69) is 6.92 Å². The first kappa shape index (κ1) is 13.8. The Morgan fingerprint density at radius 3 is 2.50 bits per heavy atom. The summed E-state index contributed by atoms with van der Waals surface area (Å²) in [6.45, 7) is 3.68. The van der Waals surface area contributed by atoms with Crippen molar-refractivity contribution in [1.82, 2.24) is 9.21 Å². The van der Waals surface area contributed by atoms with Crippen LogP contribution in [0.25, 0.3) is 0 Å². The first-order valence-corrected chi connectivity index (χ1v) is 8.54. The Labute approximate surface area is 109 Å². The van der Waals surface area contributed by atoms with Crippen molar-refractivity contribution in [3.05, 3.63) is 0 Å². The maximum atomic E-state index is 12.3. The van der Waals surface area contributed by atoms with Crippen molar-refractivity contribution >= 4 is 15.9 Å². The third kappa shape index (κ3) is 2.69. The number of piperidine rings is 1. The fourth-order valence-corrected chi connectivity index (χ4v) is 3.72. The van der Waals surface area contributed by atoms with Gasteiger partial charge in [0.25, 0.3) is 0 Å². The lowest BCUT2D eigenvalue weighted by Crippen LogP contribution is -2.58. The quantitative estimate of drug-likeness (QED) is 0.760. The van der Waals surface area contributed by atoms with Crippen LogP contribution < -0.4 is 0 Å². The molecule has 0 spiro atoms. The lowest BCUT2D eigenvalue weighted by atomic mass is 9.95. The first-order valence-electron chi connectivity index (χ1n) is 6.69. The first-order chi connectivity index (χ1) is 8.43. The maximum absolute atomic E-state index is 12.3. The highest BCUT2D eigenvalue weighted by molar-refractivity contribution is 7.88. The van der Waals surface area contributed by atoms with Crippen LogP contribution in [0, 0.1) is 5.92 Å². The second kappa shape index (κ2) is 5.17. The van der Waals surface area contributed by atoms with Crippen molar-refractivity contribution in [2.45, 2.75) is 38.6 Å². The second-order valence-electron chi connectivity index (χ2n) is 5.37. The lowest BCUT2D eigenvalue weighted by Gasteiger charge is -2.42.